The number of amides is 1. The minimum absolute atomic E-state index is 0.127. The molecule has 4 nitrogen and oxygen atoms in total. The molecule has 0 radical (unpaired) electrons. The molecule has 0 N–H and O–H groups in total. The van der Waals surface area contributed by atoms with E-state index in [-0.39, 0.29) is 16.9 Å². The number of nitrogens with zero attached hydrogens (tertiary/aromatic N) is 3. The zero-order valence-electron chi connectivity index (χ0n) is 15.1. The molecule has 1 amide bonds. The van der Waals surface area contributed by atoms with Crippen LogP contribution in [-0.4, -0.2) is 73.5 Å². The van der Waals surface area contributed by atoms with Gasteiger partial charge in [0.05, 0.1) is 0 Å². The maximum atomic E-state index is 12.2. The molecule has 4 heteroatoms. The molecule has 0 heterocycles. The SMILES string of the molecule is CN(C)CCN(CCN(C)C(=O)C(C)(C)C)C(C)(C)C. The fourth-order valence-electron chi connectivity index (χ4n) is 2.05. The lowest BCUT2D eigenvalue weighted by molar-refractivity contribution is -0.138. The van der Waals surface area contributed by atoms with Crippen LogP contribution in [0.4, 0.5) is 0 Å². The number of rotatable bonds is 6. The van der Waals surface area contributed by atoms with E-state index in [9.17, 15) is 4.79 Å². The van der Waals surface area contributed by atoms with E-state index in [0.29, 0.717) is 0 Å². The first-order chi connectivity index (χ1) is 8.85. The Labute approximate surface area is 126 Å². The first-order valence-corrected chi connectivity index (χ1v) is 7.51. The van der Waals surface area contributed by atoms with Gasteiger partial charge in [-0.15, -0.1) is 0 Å². The summed E-state index contributed by atoms with van der Waals surface area (Å²) in [6, 6.07) is 0. The Kier molecular flexibility index (Phi) is 7.19. The molecule has 0 bridgehead atoms. The molecule has 20 heavy (non-hydrogen) atoms. The van der Waals surface area contributed by atoms with E-state index < -0.39 is 0 Å². The van der Waals surface area contributed by atoms with E-state index in [2.05, 4.69) is 44.7 Å². The highest BCUT2D eigenvalue weighted by Crippen LogP contribution is 2.17. The topological polar surface area (TPSA) is 26.8 Å². The van der Waals surface area contributed by atoms with Gasteiger partial charge in [-0.05, 0) is 34.9 Å². The summed E-state index contributed by atoms with van der Waals surface area (Å²) < 4.78 is 0. The number of carbonyl (C=O) groups excluding carboxylic acids is 1. The highest BCUT2D eigenvalue weighted by atomic mass is 16.2. The average molecular weight is 285 g/mol. The third-order valence-corrected chi connectivity index (χ3v) is 3.46. The second-order valence-electron chi connectivity index (χ2n) is 7.94. The van der Waals surface area contributed by atoms with Crippen LogP contribution in [0.1, 0.15) is 41.5 Å². The largest absolute Gasteiger partial charge is 0.344 e. The van der Waals surface area contributed by atoms with Gasteiger partial charge >= 0.3 is 0 Å². The summed E-state index contributed by atoms with van der Waals surface area (Å²) in [4.78, 5) is 18.7. The molecule has 0 fully saturated rings. The molecule has 0 aliphatic carbocycles. The molecular weight excluding hydrogens is 250 g/mol. The first kappa shape index (κ1) is 19.4. The molecule has 0 aromatic rings. The van der Waals surface area contributed by atoms with E-state index in [0.717, 1.165) is 26.2 Å². The van der Waals surface area contributed by atoms with Crippen molar-refractivity contribution in [3.05, 3.63) is 0 Å². The summed E-state index contributed by atoms with van der Waals surface area (Å²) in [7, 11) is 6.09. The summed E-state index contributed by atoms with van der Waals surface area (Å²) in [5.74, 6) is 0.207. The third-order valence-electron chi connectivity index (χ3n) is 3.46. The molecule has 0 aliphatic rings. The zero-order chi connectivity index (χ0) is 16.1. The predicted octanol–water partition coefficient (Wildman–Crippen LogP) is 2.15. The summed E-state index contributed by atoms with van der Waals surface area (Å²) in [6.45, 7) is 16.4. The molecule has 0 saturated carbocycles. The summed E-state index contributed by atoms with van der Waals surface area (Å²) >= 11 is 0. The van der Waals surface area contributed by atoms with E-state index in [4.69, 9.17) is 0 Å². The van der Waals surface area contributed by atoms with Crippen LogP contribution < -0.4 is 0 Å². The maximum Gasteiger partial charge on any atom is 0.227 e. The smallest absolute Gasteiger partial charge is 0.227 e. The number of carbonyl (C=O) groups is 1. The minimum Gasteiger partial charge on any atom is -0.344 e. The minimum atomic E-state index is -0.301. The van der Waals surface area contributed by atoms with Crippen LogP contribution in [-0.2, 0) is 4.79 Å². The summed E-state index contributed by atoms with van der Waals surface area (Å²) in [5, 5.41) is 0. The fraction of sp³-hybridized carbons (Fsp3) is 0.938. The van der Waals surface area contributed by atoms with Crippen molar-refractivity contribution in [2.24, 2.45) is 5.41 Å². The quantitative estimate of drug-likeness (QED) is 0.748. The first-order valence-electron chi connectivity index (χ1n) is 7.51. The van der Waals surface area contributed by atoms with Crippen LogP contribution in [0.15, 0.2) is 0 Å². The van der Waals surface area contributed by atoms with Crippen molar-refractivity contribution in [2.45, 2.75) is 47.1 Å². The Balaban J connectivity index is 4.50. The lowest BCUT2D eigenvalue weighted by atomic mass is 9.95. The Morgan fingerprint density at radius 3 is 1.60 bits per heavy atom. The van der Waals surface area contributed by atoms with Crippen molar-refractivity contribution in [1.29, 1.82) is 0 Å². The molecule has 0 atom stereocenters. The van der Waals surface area contributed by atoms with Crippen LogP contribution in [0, 0.1) is 5.41 Å². The predicted molar refractivity (Wildman–Crippen MR) is 87.0 cm³/mol. The van der Waals surface area contributed by atoms with Crippen molar-refractivity contribution >= 4 is 5.91 Å². The van der Waals surface area contributed by atoms with Crippen LogP contribution in [0.2, 0.25) is 0 Å². The molecule has 0 unspecified atom stereocenters. The van der Waals surface area contributed by atoms with E-state index in [1.807, 2.05) is 32.7 Å². The molecule has 0 aliphatic heterocycles. The van der Waals surface area contributed by atoms with Gasteiger partial charge in [-0.3, -0.25) is 9.69 Å². The number of hydrogen-bond donors (Lipinski definition) is 0. The highest BCUT2D eigenvalue weighted by molar-refractivity contribution is 5.81. The van der Waals surface area contributed by atoms with Gasteiger partial charge in [0, 0.05) is 44.2 Å². The van der Waals surface area contributed by atoms with E-state index in [1.165, 1.54) is 0 Å². The number of hydrogen-bond acceptors (Lipinski definition) is 3. The van der Waals surface area contributed by atoms with Gasteiger partial charge in [-0.1, -0.05) is 20.8 Å². The highest BCUT2D eigenvalue weighted by Gasteiger charge is 2.26. The van der Waals surface area contributed by atoms with Gasteiger partial charge < -0.3 is 9.80 Å². The molecule has 0 spiro atoms. The summed E-state index contributed by atoms with van der Waals surface area (Å²) in [5.41, 5.74) is -0.174. The zero-order valence-corrected chi connectivity index (χ0v) is 15.1. The van der Waals surface area contributed by atoms with E-state index in [1.54, 1.807) is 0 Å². The normalized spacial score (nSPS) is 13.2. The standard InChI is InChI=1S/C16H35N3O/c1-15(2,3)14(20)18(9)11-13-19(16(4,5)6)12-10-17(7)8/h10-13H2,1-9H3. The molecule has 0 aromatic carbocycles. The molecule has 0 aromatic heterocycles. The average Bonchev–Trinajstić information content (AvgIpc) is 2.23. The van der Waals surface area contributed by atoms with Gasteiger partial charge in [0.2, 0.25) is 5.91 Å². The number of likely N-dealkylation sites (N-methyl/N-ethyl adjacent to an activating group) is 2. The molecule has 0 rings (SSSR count). The Hall–Kier alpha value is -0.610. The monoisotopic (exact) mass is 285 g/mol. The molecular formula is C16H35N3O. The van der Waals surface area contributed by atoms with Crippen LogP contribution in [0.5, 0.6) is 0 Å². The fourth-order valence-corrected chi connectivity index (χ4v) is 2.05. The van der Waals surface area contributed by atoms with E-state index >= 15 is 0 Å². The van der Waals surface area contributed by atoms with Crippen molar-refractivity contribution in [3.63, 3.8) is 0 Å². The maximum absolute atomic E-state index is 12.2. The molecule has 120 valence electrons. The van der Waals surface area contributed by atoms with Crippen LogP contribution >= 0.6 is 0 Å². The van der Waals surface area contributed by atoms with Crippen LogP contribution in [0.25, 0.3) is 0 Å². The Morgan fingerprint density at radius 1 is 0.800 bits per heavy atom. The van der Waals surface area contributed by atoms with Gasteiger partial charge in [0.1, 0.15) is 0 Å². The van der Waals surface area contributed by atoms with Gasteiger partial charge in [0.15, 0.2) is 0 Å². The lowest BCUT2D eigenvalue weighted by Crippen LogP contribution is -2.49. The summed E-state index contributed by atoms with van der Waals surface area (Å²) in [6.07, 6.45) is 0. The Morgan fingerprint density at radius 2 is 1.25 bits per heavy atom. The van der Waals surface area contributed by atoms with Crippen molar-refractivity contribution < 1.29 is 4.79 Å². The second-order valence-corrected chi connectivity index (χ2v) is 7.94. The lowest BCUT2D eigenvalue weighted by Gasteiger charge is -2.38. The van der Waals surface area contributed by atoms with Crippen molar-refractivity contribution in [1.82, 2.24) is 14.7 Å². The molecule has 0 saturated heterocycles. The third kappa shape index (κ3) is 7.25. The second kappa shape index (κ2) is 7.41. The van der Waals surface area contributed by atoms with Crippen LogP contribution in [0.3, 0.4) is 0 Å². The van der Waals surface area contributed by atoms with Gasteiger partial charge in [-0.25, -0.2) is 0 Å². The van der Waals surface area contributed by atoms with Crippen molar-refractivity contribution in [2.75, 3.05) is 47.3 Å². The Bertz CT molecular complexity index is 300. The van der Waals surface area contributed by atoms with Crippen molar-refractivity contribution in [3.8, 4) is 0 Å². The van der Waals surface area contributed by atoms with Gasteiger partial charge in [-0.2, -0.15) is 0 Å². The van der Waals surface area contributed by atoms with Gasteiger partial charge in [0.25, 0.3) is 0 Å².